The summed E-state index contributed by atoms with van der Waals surface area (Å²) in [5.74, 6) is -0.133. The molecule has 0 amide bonds. The first-order valence-corrected chi connectivity index (χ1v) is 5.54. The van der Waals surface area contributed by atoms with Crippen LogP contribution in [0, 0.1) is 5.82 Å². The summed E-state index contributed by atoms with van der Waals surface area (Å²) in [6, 6.07) is 5.50. The highest BCUT2D eigenvalue weighted by molar-refractivity contribution is 5.35. The summed E-state index contributed by atoms with van der Waals surface area (Å²) in [7, 11) is 0. The zero-order valence-corrected chi connectivity index (χ0v) is 8.62. The normalized spacial score (nSPS) is 30.0. The van der Waals surface area contributed by atoms with Crippen LogP contribution in [-0.2, 0) is 6.54 Å². The summed E-state index contributed by atoms with van der Waals surface area (Å²) in [5.41, 5.74) is 7.97. The Kier molecular flexibility index (Phi) is 2.04. The maximum Gasteiger partial charge on any atom is 0.128 e. The molecule has 3 heteroatoms. The summed E-state index contributed by atoms with van der Waals surface area (Å²) in [6.07, 6.45) is 2.29. The Bertz CT molecular complexity index is 391. The lowest BCUT2D eigenvalue weighted by Crippen LogP contribution is -2.42. The number of halogens is 1. The molecule has 2 N–H and O–H groups in total. The molecule has 0 aliphatic carbocycles. The molecule has 15 heavy (non-hydrogen) atoms. The first-order valence-electron chi connectivity index (χ1n) is 5.54. The lowest BCUT2D eigenvalue weighted by Gasteiger charge is -2.36. The lowest BCUT2D eigenvalue weighted by atomic mass is 9.89. The van der Waals surface area contributed by atoms with Crippen LogP contribution in [0.5, 0.6) is 0 Å². The van der Waals surface area contributed by atoms with Gasteiger partial charge in [0.1, 0.15) is 5.82 Å². The minimum atomic E-state index is -0.141. The van der Waals surface area contributed by atoms with Gasteiger partial charge in [-0.1, -0.05) is 12.1 Å². The van der Waals surface area contributed by atoms with Gasteiger partial charge in [0, 0.05) is 24.2 Å². The third-order valence-corrected chi connectivity index (χ3v) is 3.68. The molecule has 0 aromatic heterocycles. The Hall–Kier alpha value is -0.930. The Morgan fingerprint density at radius 1 is 1.40 bits per heavy atom. The van der Waals surface area contributed by atoms with E-state index in [1.54, 1.807) is 6.07 Å². The largest absolute Gasteiger partial charge is 0.323 e. The third kappa shape index (κ3) is 1.30. The van der Waals surface area contributed by atoms with Crippen LogP contribution in [-0.4, -0.2) is 17.5 Å². The SMILES string of the molecule is NC1c2c(F)cccc2CN2CCCC12. The van der Waals surface area contributed by atoms with E-state index in [0.717, 1.165) is 30.6 Å². The minimum absolute atomic E-state index is 0.133. The van der Waals surface area contributed by atoms with Gasteiger partial charge >= 0.3 is 0 Å². The van der Waals surface area contributed by atoms with Gasteiger partial charge in [-0.15, -0.1) is 0 Å². The number of nitrogens with zero attached hydrogens (tertiary/aromatic N) is 1. The van der Waals surface area contributed by atoms with Gasteiger partial charge in [0.25, 0.3) is 0 Å². The second-order valence-electron chi connectivity index (χ2n) is 4.52. The van der Waals surface area contributed by atoms with E-state index in [9.17, 15) is 4.39 Å². The van der Waals surface area contributed by atoms with E-state index in [2.05, 4.69) is 4.90 Å². The van der Waals surface area contributed by atoms with Crippen molar-refractivity contribution >= 4 is 0 Å². The van der Waals surface area contributed by atoms with E-state index in [0.29, 0.717) is 6.04 Å². The number of benzene rings is 1. The number of hydrogen-bond acceptors (Lipinski definition) is 2. The smallest absolute Gasteiger partial charge is 0.128 e. The second kappa shape index (κ2) is 3.29. The van der Waals surface area contributed by atoms with Crippen molar-refractivity contribution in [2.45, 2.75) is 31.5 Å². The van der Waals surface area contributed by atoms with Crippen molar-refractivity contribution in [3.05, 3.63) is 35.1 Å². The van der Waals surface area contributed by atoms with Crippen molar-refractivity contribution in [3.8, 4) is 0 Å². The van der Waals surface area contributed by atoms with Crippen molar-refractivity contribution in [3.63, 3.8) is 0 Å². The van der Waals surface area contributed by atoms with Crippen LogP contribution < -0.4 is 5.73 Å². The van der Waals surface area contributed by atoms with Crippen molar-refractivity contribution in [2.75, 3.05) is 6.54 Å². The maximum absolute atomic E-state index is 13.7. The molecule has 3 rings (SSSR count). The second-order valence-corrected chi connectivity index (χ2v) is 4.52. The van der Waals surface area contributed by atoms with E-state index in [4.69, 9.17) is 5.73 Å². The van der Waals surface area contributed by atoms with Gasteiger partial charge in [0.15, 0.2) is 0 Å². The quantitative estimate of drug-likeness (QED) is 0.701. The maximum atomic E-state index is 13.7. The average Bonchev–Trinajstić information content (AvgIpc) is 2.66. The van der Waals surface area contributed by atoms with Gasteiger partial charge in [0.05, 0.1) is 0 Å². The molecule has 2 nitrogen and oxygen atoms in total. The predicted octanol–water partition coefficient (Wildman–Crippen LogP) is 1.80. The molecule has 0 saturated carbocycles. The summed E-state index contributed by atoms with van der Waals surface area (Å²) < 4.78 is 13.7. The highest BCUT2D eigenvalue weighted by atomic mass is 19.1. The fourth-order valence-corrected chi connectivity index (χ4v) is 2.96. The van der Waals surface area contributed by atoms with Crippen LogP contribution in [0.1, 0.15) is 30.0 Å². The standard InChI is InChI=1S/C12H15FN2/c13-9-4-1-3-8-7-15-6-2-5-10(15)12(14)11(8)9/h1,3-4,10,12H,2,5-7,14H2. The summed E-state index contributed by atoms with van der Waals surface area (Å²) in [4.78, 5) is 2.38. The van der Waals surface area contributed by atoms with Crippen LogP contribution in [0.4, 0.5) is 4.39 Å². The number of hydrogen-bond donors (Lipinski definition) is 1. The molecule has 2 atom stereocenters. The first-order chi connectivity index (χ1) is 7.27. The molecule has 1 saturated heterocycles. The number of fused-ring (bicyclic) bond motifs is 2. The van der Waals surface area contributed by atoms with E-state index in [1.807, 2.05) is 6.07 Å². The molecule has 80 valence electrons. The zero-order valence-electron chi connectivity index (χ0n) is 8.62. The molecule has 2 heterocycles. The molecule has 2 aliphatic heterocycles. The monoisotopic (exact) mass is 206 g/mol. The Morgan fingerprint density at radius 2 is 2.27 bits per heavy atom. The number of rotatable bonds is 0. The van der Waals surface area contributed by atoms with E-state index in [-0.39, 0.29) is 11.9 Å². The summed E-state index contributed by atoms with van der Waals surface area (Å²) >= 11 is 0. The Balaban J connectivity index is 2.08. The van der Waals surface area contributed by atoms with Gasteiger partial charge in [-0.05, 0) is 31.0 Å². The molecular formula is C12H15FN2. The number of nitrogens with two attached hydrogens (primary N) is 1. The van der Waals surface area contributed by atoms with Crippen molar-refractivity contribution in [1.29, 1.82) is 0 Å². The van der Waals surface area contributed by atoms with Crippen LogP contribution in [0.2, 0.25) is 0 Å². The molecule has 1 fully saturated rings. The van der Waals surface area contributed by atoms with Crippen LogP contribution in [0.25, 0.3) is 0 Å². The molecule has 1 aromatic rings. The zero-order chi connectivity index (χ0) is 10.4. The first kappa shape index (κ1) is 9.31. The van der Waals surface area contributed by atoms with E-state index >= 15 is 0 Å². The predicted molar refractivity (Wildman–Crippen MR) is 56.8 cm³/mol. The average molecular weight is 206 g/mol. The van der Waals surface area contributed by atoms with Gasteiger partial charge in [-0.25, -0.2) is 4.39 Å². The van der Waals surface area contributed by atoms with Crippen molar-refractivity contribution in [2.24, 2.45) is 5.73 Å². The van der Waals surface area contributed by atoms with Crippen LogP contribution in [0.3, 0.4) is 0 Å². The molecule has 0 radical (unpaired) electrons. The Morgan fingerprint density at radius 3 is 3.13 bits per heavy atom. The van der Waals surface area contributed by atoms with Gasteiger partial charge in [-0.2, -0.15) is 0 Å². The molecule has 1 aromatic carbocycles. The topological polar surface area (TPSA) is 29.3 Å². The van der Waals surface area contributed by atoms with Gasteiger partial charge in [-0.3, -0.25) is 4.90 Å². The highest BCUT2D eigenvalue weighted by Crippen LogP contribution is 2.36. The van der Waals surface area contributed by atoms with Gasteiger partial charge < -0.3 is 5.73 Å². The van der Waals surface area contributed by atoms with Crippen LogP contribution in [0.15, 0.2) is 18.2 Å². The Labute approximate surface area is 88.9 Å². The minimum Gasteiger partial charge on any atom is -0.323 e. The highest BCUT2D eigenvalue weighted by Gasteiger charge is 2.36. The van der Waals surface area contributed by atoms with Gasteiger partial charge in [0.2, 0.25) is 0 Å². The lowest BCUT2D eigenvalue weighted by molar-refractivity contribution is 0.194. The fourth-order valence-electron chi connectivity index (χ4n) is 2.96. The van der Waals surface area contributed by atoms with Crippen molar-refractivity contribution < 1.29 is 4.39 Å². The van der Waals surface area contributed by atoms with E-state index in [1.165, 1.54) is 12.5 Å². The van der Waals surface area contributed by atoms with Crippen LogP contribution >= 0.6 is 0 Å². The summed E-state index contributed by atoms with van der Waals surface area (Å²) in [5, 5.41) is 0. The van der Waals surface area contributed by atoms with Crippen molar-refractivity contribution in [1.82, 2.24) is 4.90 Å². The molecule has 2 aliphatic rings. The molecule has 0 bridgehead atoms. The molecule has 0 spiro atoms. The third-order valence-electron chi connectivity index (χ3n) is 3.68. The molecule has 2 unspecified atom stereocenters. The molecular weight excluding hydrogens is 191 g/mol. The van der Waals surface area contributed by atoms with E-state index < -0.39 is 0 Å². The fraction of sp³-hybridized carbons (Fsp3) is 0.500. The summed E-state index contributed by atoms with van der Waals surface area (Å²) in [6.45, 7) is 1.97.